The fourth-order valence-corrected chi connectivity index (χ4v) is 5.37. The van der Waals surface area contributed by atoms with Crippen molar-refractivity contribution >= 4 is 0 Å². The van der Waals surface area contributed by atoms with Gasteiger partial charge >= 0.3 is 0 Å². The molecule has 2 aromatic carbocycles. The maximum Gasteiger partial charge on any atom is 0.125 e. The fraction of sp³-hybridized carbons (Fsp3) is 0.636. The summed E-state index contributed by atoms with van der Waals surface area (Å²) in [6.07, 6.45) is 16.4. The van der Waals surface area contributed by atoms with Gasteiger partial charge in [-0.1, -0.05) is 104 Å². The van der Waals surface area contributed by atoms with Crippen molar-refractivity contribution in [1.29, 1.82) is 0 Å². The van der Waals surface area contributed by atoms with E-state index in [1.165, 1.54) is 64.2 Å². The summed E-state index contributed by atoms with van der Waals surface area (Å²) in [5.74, 6) is 0.177. The summed E-state index contributed by atoms with van der Waals surface area (Å²) in [7, 11) is 0. The molecule has 0 unspecified atom stereocenters. The zero-order chi connectivity index (χ0) is 27.3. The average molecular weight is 513 g/mol. The summed E-state index contributed by atoms with van der Waals surface area (Å²) in [6, 6.07) is 7.90. The van der Waals surface area contributed by atoms with Gasteiger partial charge in [-0.15, -0.1) is 0 Å². The van der Waals surface area contributed by atoms with E-state index in [0.29, 0.717) is 22.3 Å². The summed E-state index contributed by atoms with van der Waals surface area (Å²) in [4.78, 5) is 0. The van der Waals surface area contributed by atoms with E-state index < -0.39 is 5.41 Å². The van der Waals surface area contributed by atoms with Crippen LogP contribution in [0.1, 0.15) is 138 Å². The van der Waals surface area contributed by atoms with Gasteiger partial charge in [-0.3, -0.25) is 0 Å². The first kappa shape index (κ1) is 31.2. The molecule has 0 fully saturated rings. The molecular weight excluding hydrogens is 460 g/mol. The van der Waals surface area contributed by atoms with Gasteiger partial charge in [0.05, 0.1) is 13.2 Å². The molecule has 2 aromatic rings. The predicted molar refractivity (Wildman–Crippen MR) is 154 cm³/mol. The minimum absolute atomic E-state index is 0.0884. The fourth-order valence-electron chi connectivity index (χ4n) is 5.37. The zero-order valence-corrected chi connectivity index (χ0v) is 23.9. The second-order valence-electron chi connectivity index (χ2n) is 11.3. The number of hydrogen-bond acceptors (Lipinski definition) is 4. The maximum absolute atomic E-state index is 11.1. The highest BCUT2D eigenvalue weighted by atomic mass is 16.3. The summed E-state index contributed by atoms with van der Waals surface area (Å²) in [5, 5.41) is 42.2. The van der Waals surface area contributed by atoms with E-state index in [1.807, 2.05) is 38.1 Å². The summed E-state index contributed by atoms with van der Waals surface area (Å²) < 4.78 is 0. The molecule has 0 aliphatic carbocycles. The Hall–Kier alpha value is -2.04. The first-order chi connectivity index (χ1) is 17.8. The lowest BCUT2D eigenvalue weighted by molar-refractivity contribution is 0.273. The number of aromatic hydroxyl groups is 2. The molecule has 0 aliphatic rings. The van der Waals surface area contributed by atoms with Crippen LogP contribution in [0.15, 0.2) is 24.3 Å². The van der Waals surface area contributed by atoms with Gasteiger partial charge in [-0.05, 0) is 48.9 Å². The van der Waals surface area contributed by atoms with Crippen molar-refractivity contribution in [3.63, 3.8) is 0 Å². The van der Waals surface area contributed by atoms with Crippen molar-refractivity contribution in [1.82, 2.24) is 0 Å². The van der Waals surface area contributed by atoms with Crippen molar-refractivity contribution in [2.45, 2.75) is 136 Å². The highest BCUT2D eigenvalue weighted by molar-refractivity contribution is 5.56. The maximum atomic E-state index is 11.1. The molecule has 0 saturated heterocycles. The molecule has 0 aromatic heterocycles. The van der Waals surface area contributed by atoms with Crippen LogP contribution in [0, 0.1) is 0 Å². The number of aliphatic hydroxyl groups excluding tert-OH is 2. The van der Waals surface area contributed by atoms with E-state index in [-0.39, 0.29) is 24.7 Å². The Bertz CT molecular complexity index is 872. The molecule has 0 heterocycles. The van der Waals surface area contributed by atoms with Crippen LogP contribution in [0.2, 0.25) is 0 Å². The first-order valence-electron chi connectivity index (χ1n) is 14.7. The molecule has 4 N–H and O–H groups in total. The third kappa shape index (κ3) is 9.04. The van der Waals surface area contributed by atoms with Gasteiger partial charge < -0.3 is 20.4 Å². The van der Waals surface area contributed by atoms with Crippen LogP contribution in [0.25, 0.3) is 0 Å². The number of unbranched alkanes of at least 4 members (excludes halogenated alkanes) is 10. The third-order valence-corrected chi connectivity index (χ3v) is 7.82. The van der Waals surface area contributed by atoms with Gasteiger partial charge in [0.1, 0.15) is 11.5 Å². The van der Waals surface area contributed by atoms with E-state index in [4.69, 9.17) is 0 Å². The molecule has 0 saturated carbocycles. The molecular formula is C33H52O4. The van der Waals surface area contributed by atoms with Gasteiger partial charge in [0, 0.05) is 27.7 Å². The van der Waals surface area contributed by atoms with Crippen LogP contribution in [0.3, 0.4) is 0 Å². The minimum atomic E-state index is -0.712. The highest BCUT2D eigenvalue weighted by Crippen LogP contribution is 2.44. The number of aryl methyl sites for hydroxylation is 2. The lowest BCUT2D eigenvalue weighted by atomic mass is 9.74. The standard InChI is InChI=1S/C33H52O4/c1-5-7-9-11-13-15-17-25-19-27(23-34)31(36)29(21-25)33(3,4)30-22-26(20-28(24-35)32(30)37)18-16-14-12-10-8-6-2/h19-22,34-37H,5-18,23-24H2,1-4H3. The van der Waals surface area contributed by atoms with Crippen LogP contribution >= 0.6 is 0 Å². The second kappa shape index (κ2) is 16.0. The van der Waals surface area contributed by atoms with Gasteiger partial charge in [-0.2, -0.15) is 0 Å². The summed E-state index contributed by atoms with van der Waals surface area (Å²) in [6.45, 7) is 7.99. The molecule has 4 heteroatoms. The summed E-state index contributed by atoms with van der Waals surface area (Å²) in [5.41, 5.74) is 3.95. The predicted octanol–water partition coefficient (Wildman–Crippen LogP) is 8.21. The molecule has 0 bridgehead atoms. The van der Waals surface area contributed by atoms with E-state index in [1.54, 1.807) is 0 Å². The number of rotatable bonds is 18. The van der Waals surface area contributed by atoms with Crippen molar-refractivity contribution in [2.75, 3.05) is 0 Å². The van der Waals surface area contributed by atoms with Gasteiger partial charge in [-0.25, -0.2) is 0 Å². The van der Waals surface area contributed by atoms with Crippen molar-refractivity contribution in [3.8, 4) is 11.5 Å². The number of phenols is 2. The van der Waals surface area contributed by atoms with E-state index in [0.717, 1.165) is 36.8 Å². The Labute approximate surface area is 225 Å². The Morgan fingerprint density at radius 2 is 0.892 bits per heavy atom. The van der Waals surface area contributed by atoms with Crippen molar-refractivity contribution in [3.05, 3.63) is 57.6 Å². The highest BCUT2D eigenvalue weighted by Gasteiger charge is 2.32. The van der Waals surface area contributed by atoms with Crippen LogP contribution in [0.4, 0.5) is 0 Å². The Kier molecular flexibility index (Phi) is 13.5. The molecule has 0 atom stereocenters. The molecule has 0 aliphatic heterocycles. The molecule has 2 rings (SSSR count). The second-order valence-corrected chi connectivity index (χ2v) is 11.3. The Morgan fingerprint density at radius 1 is 0.541 bits per heavy atom. The van der Waals surface area contributed by atoms with Gasteiger partial charge in [0.2, 0.25) is 0 Å². The third-order valence-electron chi connectivity index (χ3n) is 7.82. The van der Waals surface area contributed by atoms with Crippen LogP contribution in [0.5, 0.6) is 11.5 Å². The van der Waals surface area contributed by atoms with Crippen molar-refractivity contribution < 1.29 is 20.4 Å². The quantitative estimate of drug-likeness (QED) is 0.152. The lowest BCUT2D eigenvalue weighted by Crippen LogP contribution is -2.21. The largest absolute Gasteiger partial charge is 0.507 e. The number of hydrogen-bond donors (Lipinski definition) is 4. The Balaban J connectivity index is 2.31. The van der Waals surface area contributed by atoms with Crippen LogP contribution in [-0.4, -0.2) is 20.4 Å². The minimum Gasteiger partial charge on any atom is -0.507 e. The topological polar surface area (TPSA) is 80.9 Å². The molecule has 0 amide bonds. The first-order valence-corrected chi connectivity index (χ1v) is 14.7. The van der Waals surface area contributed by atoms with E-state index >= 15 is 0 Å². The molecule has 4 nitrogen and oxygen atoms in total. The number of aliphatic hydroxyl groups is 2. The molecule has 37 heavy (non-hydrogen) atoms. The normalized spacial score (nSPS) is 11.8. The molecule has 0 spiro atoms. The molecule has 208 valence electrons. The number of benzene rings is 2. The smallest absolute Gasteiger partial charge is 0.125 e. The van der Waals surface area contributed by atoms with Crippen molar-refractivity contribution in [2.24, 2.45) is 0 Å². The van der Waals surface area contributed by atoms with Gasteiger partial charge in [0.15, 0.2) is 0 Å². The zero-order valence-electron chi connectivity index (χ0n) is 23.9. The van der Waals surface area contributed by atoms with Crippen LogP contribution in [-0.2, 0) is 31.5 Å². The lowest BCUT2D eigenvalue weighted by Gasteiger charge is -2.30. The Morgan fingerprint density at radius 3 is 1.24 bits per heavy atom. The van der Waals surface area contributed by atoms with Gasteiger partial charge in [0.25, 0.3) is 0 Å². The SMILES string of the molecule is CCCCCCCCc1cc(CO)c(O)c(C(C)(C)c2cc(CCCCCCCC)cc(CO)c2O)c1. The van der Waals surface area contributed by atoms with Crippen LogP contribution < -0.4 is 0 Å². The van der Waals surface area contributed by atoms with E-state index in [9.17, 15) is 20.4 Å². The summed E-state index contributed by atoms with van der Waals surface area (Å²) >= 11 is 0. The molecule has 0 radical (unpaired) electrons. The monoisotopic (exact) mass is 512 g/mol. The van der Waals surface area contributed by atoms with E-state index in [2.05, 4.69) is 13.8 Å². The average Bonchev–Trinajstić information content (AvgIpc) is 2.89.